The van der Waals surface area contributed by atoms with Gasteiger partial charge in [-0.1, -0.05) is 24.3 Å². The van der Waals surface area contributed by atoms with E-state index < -0.39 is 5.54 Å². The van der Waals surface area contributed by atoms with Crippen molar-refractivity contribution in [3.05, 3.63) is 35.4 Å². The summed E-state index contributed by atoms with van der Waals surface area (Å²) in [6.45, 7) is 6.24. The highest BCUT2D eigenvalue weighted by Crippen LogP contribution is 2.35. The van der Waals surface area contributed by atoms with Gasteiger partial charge in [-0.3, -0.25) is 4.79 Å². The Balaban J connectivity index is 0.00000192. The zero-order valence-corrected chi connectivity index (χ0v) is 14.8. The Labute approximate surface area is 144 Å². The van der Waals surface area contributed by atoms with E-state index in [1.54, 1.807) is 0 Å². The average Bonchev–Trinajstić information content (AvgIpc) is 2.89. The van der Waals surface area contributed by atoms with Crippen molar-refractivity contribution >= 4 is 18.3 Å². The van der Waals surface area contributed by atoms with Crippen molar-refractivity contribution in [2.24, 2.45) is 5.73 Å². The average molecular weight is 339 g/mol. The molecule has 128 valence electrons. The molecule has 0 saturated carbocycles. The third-order valence-corrected chi connectivity index (χ3v) is 5.27. The standard InChI is InChI=1S/C18H26N2O2.ClH/c1-13-5-3-4-6-16(13)15-11-14(2)20(12-15)17(21)18(19)7-9-22-10-8-18;/h3-6,14-15H,7-12,19H2,1-2H3;1H. The fourth-order valence-corrected chi connectivity index (χ4v) is 3.82. The number of rotatable bonds is 2. The summed E-state index contributed by atoms with van der Waals surface area (Å²) in [5.41, 5.74) is 8.33. The highest BCUT2D eigenvalue weighted by molar-refractivity contribution is 5.87. The van der Waals surface area contributed by atoms with Crippen LogP contribution >= 0.6 is 12.4 Å². The van der Waals surface area contributed by atoms with Crippen LogP contribution in [0.2, 0.25) is 0 Å². The van der Waals surface area contributed by atoms with Crippen LogP contribution in [-0.4, -0.2) is 42.1 Å². The first kappa shape index (κ1) is 18.2. The first-order chi connectivity index (χ1) is 10.5. The van der Waals surface area contributed by atoms with E-state index in [4.69, 9.17) is 10.5 Å². The minimum absolute atomic E-state index is 0. The molecule has 1 aromatic rings. The van der Waals surface area contributed by atoms with E-state index in [9.17, 15) is 4.79 Å². The topological polar surface area (TPSA) is 55.6 Å². The number of hydrogen-bond donors (Lipinski definition) is 1. The number of nitrogens with zero attached hydrogens (tertiary/aromatic N) is 1. The van der Waals surface area contributed by atoms with Crippen LogP contribution in [0.3, 0.4) is 0 Å². The Morgan fingerprint density at radius 3 is 2.61 bits per heavy atom. The maximum Gasteiger partial charge on any atom is 0.243 e. The summed E-state index contributed by atoms with van der Waals surface area (Å²) in [7, 11) is 0. The van der Waals surface area contributed by atoms with E-state index in [1.807, 2.05) is 4.90 Å². The fourth-order valence-electron chi connectivity index (χ4n) is 3.82. The first-order valence-electron chi connectivity index (χ1n) is 8.24. The zero-order valence-electron chi connectivity index (χ0n) is 14.0. The van der Waals surface area contributed by atoms with E-state index >= 15 is 0 Å². The molecule has 23 heavy (non-hydrogen) atoms. The molecule has 2 atom stereocenters. The van der Waals surface area contributed by atoms with Crippen molar-refractivity contribution in [2.75, 3.05) is 19.8 Å². The second-order valence-electron chi connectivity index (χ2n) is 6.86. The SMILES string of the molecule is Cc1ccccc1C1CC(C)N(C(=O)C2(N)CCOCC2)C1.Cl. The maximum absolute atomic E-state index is 12.9. The smallest absolute Gasteiger partial charge is 0.243 e. The number of carbonyl (C=O) groups is 1. The molecule has 2 unspecified atom stereocenters. The lowest BCUT2D eigenvalue weighted by atomic mass is 9.89. The monoisotopic (exact) mass is 338 g/mol. The molecule has 2 heterocycles. The van der Waals surface area contributed by atoms with Gasteiger partial charge in [-0.15, -0.1) is 12.4 Å². The number of amides is 1. The lowest BCUT2D eigenvalue weighted by molar-refractivity contribution is -0.141. The molecule has 2 saturated heterocycles. The van der Waals surface area contributed by atoms with Crippen molar-refractivity contribution < 1.29 is 9.53 Å². The molecular weight excluding hydrogens is 312 g/mol. The molecule has 0 radical (unpaired) electrons. The molecule has 0 bridgehead atoms. The van der Waals surface area contributed by atoms with Gasteiger partial charge in [-0.05, 0) is 44.2 Å². The normalized spacial score (nSPS) is 26.7. The van der Waals surface area contributed by atoms with Gasteiger partial charge >= 0.3 is 0 Å². The number of aryl methyl sites for hydroxylation is 1. The van der Waals surface area contributed by atoms with E-state index in [2.05, 4.69) is 38.1 Å². The largest absolute Gasteiger partial charge is 0.381 e. The molecular formula is C18H27ClN2O2. The first-order valence-corrected chi connectivity index (χ1v) is 8.24. The van der Waals surface area contributed by atoms with Gasteiger partial charge < -0.3 is 15.4 Å². The summed E-state index contributed by atoms with van der Waals surface area (Å²) >= 11 is 0. The van der Waals surface area contributed by atoms with E-state index in [-0.39, 0.29) is 24.4 Å². The Kier molecular flexibility index (Phi) is 5.71. The summed E-state index contributed by atoms with van der Waals surface area (Å²) < 4.78 is 5.36. The van der Waals surface area contributed by atoms with Gasteiger partial charge in [-0.2, -0.15) is 0 Å². The molecule has 3 rings (SSSR count). The molecule has 1 aromatic carbocycles. The Morgan fingerprint density at radius 1 is 1.30 bits per heavy atom. The van der Waals surface area contributed by atoms with Gasteiger partial charge in [0.05, 0.1) is 5.54 Å². The highest BCUT2D eigenvalue weighted by Gasteiger charge is 2.43. The summed E-state index contributed by atoms with van der Waals surface area (Å²) in [5.74, 6) is 0.531. The molecule has 2 fully saturated rings. The third kappa shape index (κ3) is 3.54. The molecule has 2 aliphatic rings. The van der Waals surface area contributed by atoms with Crippen LogP contribution in [0.4, 0.5) is 0 Å². The van der Waals surface area contributed by atoms with Crippen LogP contribution in [0, 0.1) is 6.92 Å². The number of halogens is 1. The van der Waals surface area contributed by atoms with E-state index in [1.165, 1.54) is 11.1 Å². The van der Waals surface area contributed by atoms with Gasteiger partial charge in [0.15, 0.2) is 0 Å². The predicted octanol–water partition coefficient (Wildman–Crippen LogP) is 2.63. The fraction of sp³-hybridized carbons (Fsp3) is 0.611. The lowest BCUT2D eigenvalue weighted by Crippen LogP contribution is -2.58. The molecule has 2 aliphatic heterocycles. The van der Waals surface area contributed by atoms with Crippen molar-refractivity contribution in [3.8, 4) is 0 Å². The van der Waals surface area contributed by atoms with Crippen molar-refractivity contribution in [1.29, 1.82) is 0 Å². The van der Waals surface area contributed by atoms with Crippen LogP contribution < -0.4 is 5.73 Å². The molecule has 0 spiro atoms. The van der Waals surface area contributed by atoms with Crippen LogP contribution in [0.5, 0.6) is 0 Å². The summed E-state index contributed by atoms with van der Waals surface area (Å²) in [6, 6.07) is 8.73. The molecule has 0 aromatic heterocycles. The third-order valence-electron chi connectivity index (χ3n) is 5.27. The van der Waals surface area contributed by atoms with Gasteiger partial charge in [0.2, 0.25) is 5.91 Å². The van der Waals surface area contributed by atoms with Crippen LogP contribution in [0.15, 0.2) is 24.3 Å². The molecule has 5 heteroatoms. The van der Waals surface area contributed by atoms with E-state index in [0.29, 0.717) is 32.0 Å². The molecule has 1 amide bonds. The quantitative estimate of drug-likeness (QED) is 0.901. The van der Waals surface area contributed by atoms with Gasteiger partial charge in [0.1, 0.15) is 0 Å². The van der Waals surface area contributed by atoms with Crippen LogP contribution in [0.1, 0.15) is 43.2 Å². The number of likely N-dealkylation sites (tertiary alicyclic amines) is 1. The number of carbonyl (C=O) groups excluding carboxylic acids is 1. The van der Waals surface area contributed by atoms with E-state index in [0.717, 1.165) is 13.0 Å². The lowest BCUT2D eigenvalue weighted by Gasteiger charge is -2.36. The maximum atomic E-state index is 12.9. The van der Waals surface area contributed by atoms with Crippen molar-refractivity contribution in [3.63, 3.8) is 0 Å². The number of ether oxygens (including phenoxy) is 1. The molecule has 2 N–H and O–H groups in total. The number of hydrogen-bond acceptors (Lipinski definition) is 3. The predicted molar refractivity (Wildman–Crippen MR) is 93.9 cm³/mol. The van der Waals surface area contributed by atoms with Crippen molar-refractivity contribution in [1.82, 2.24) is 4.90 Å². The van der Waals surface area contributed by atoms with Crippen LogP contribution in [-0.2, 0) is 9.53 Å². The Morgan fingerprint density at radius 2 is 1.96 bits per heavy atom. The van der Waals surface area contributed by atoms with Gasteiger partial charge in [-0.25, -0.2) is 0 Å². The summed E-state index contributed by atoms with van der Waals surface area (Å²) in [5, 5.41) is 0. The zero-order chi connectivity index (χ0) is 15.7. The number of benzene rings is 1. The Bertz CT molecular complexity index is 558. The molecule has 4 nitrogen and oxygen atoms in total. The minimum atomic E-state index is -0.729. The van der Waals surface area contributed by atoms with Crippen molar-refractivity contribution in [2.45, 2.75) is 50.6 Å². The van der Waals surface area contributed by atoms with Gasteiger partial charge in [0, 0.05) is 31.7 Å². The highest BCUT2D eigenvalue weighted by atomic mass is 35.5. The number of nitrogens with two attached hydrogens (primary N) is 1. The Hall–Kier alpha value is -1.10. The second-order valence-corrected chi connectivity index (χ2v) is 6.86. The van der Waals surface area contributed by atoms with Crippen LogP contribution in [0.25, 0.3) is 0 Å². The summed E-state index contributed by atoms with van der Waals surface area (Å²) in [4.78, 5) is 14.9. The molecule has 0 aliphatic carbocycles. The second kappa shape index (κ2) is 7.20. The van der Waals surface area contributed by atoms with Gasteiger partial charge in [0.25, 0.3) is 0 Å². The minimum Gasteiger partial charge on any atom is -0.381 e. The summed E-state index contributed by atoms with van der Waals surface area (Å²) in [6.07, 6.45) is 2.28.